The number of hydrogen-bond acceptors (Lipinski definition) is 3. The average Bonchev–Trinajstić information content (AvgIpc) is 2.96. The predicted octanol–water partition coefficient (Wildman–Crippen LogP) is 9.00. The summed E-state index contributed by atoms with van der Waals surface area (Å²) in [5.41, 5.74) is 0. The van der Waals surface area contributed by atoms with E-state index in [-0.39, 0.29) is 12.5 Å². The molecule has 3 N–H and O–H groups in total. The van der Waals surface area contributed by atoms with Crippen LogP contribution < -0.4 is 5.32 Å². The van der Waals surface area contributed by atoms with Crippen LogP contribution in [0.15, 0.2) is 85.1 Å². The van der Waals surface area contributed by atoms with Gasteiger partial charge in [-0.05, 0) is 64.2 Å². The van der Waals surface area contributed by atoms with E-state index in [2.05, 4.69) is 92.1 Å². The van der Waals surface area contributed by atoms with Gasteiger partial charge in [-0.2, -0.15) is 0 Å². The van der Waals surface area contributed by atoms with E-state index >= 15 is 0 Å². The van der Waals surface area contributed by atoms with Gasteiger partial charge in [-0.3, -0.25) is 4.79 Å². The molecular weight excluding hydrogens is 494 g/mol. The number of rotatable bonds is 26. The van der Waals surface area contributed by atoms with Gasteiger partial charge in [0.2, 0.25) is 5.91 Å². The van der Waals surface area contributed by atoms with Crippen molar-refractivity contribution in [1.29, 1.82) is 0 Å². The number of amides is 1. The summed E-state index contributed by atoms with van der Waals surface area (Å²) in [4.78, 5) is 12.1. The highest BCUT2D eigenvalue weighted by Gasteiger charge is 2.17. The van der Waals surface area contributed by atoms with Gasteiger partial charge in [0.15, 0.2) is 0 Å². The third-order valence-corrected chi connectivity index (χ3v) is 6.37. The van der Waals surface area contributed by atoms with Crippen molar-refractivity contribution in [2.24, 2.45) is 0 Å². The lowest BCUT2D eigenvalue weighted by molar-refractivity contribution is -0.123. The number of allylic oxidation sites excluding steroid dienone is 13. The van der Waals surface area contributed by atoms with Crippen molar-refractivity contribution >= 4 is 5.91 Å². The second kappa shape index (κ2) is 31.1. The van der Waals surface area contributed by atoms with Crippen molar-refractivity contribution in [3.63, 3.8) is 0 Å². The molecule has 0 aromatic carbocycles. The molecule has 40 heavy (non-hydrogen) atoms. The van der Waals surface area contributed by atoms with E-state index in [1.807, 2.05) is 6.08 Å². The van der Waals surface area contributed by atoms with Crippen LogP contribution in [0.5, 0.6) is 0 Å². The van der Waals surface area contributed by atoms with Gasteiger partial charge in [0.25, 0.3) is 0 Å². The molecule has 0 spiro atoms. The SMILES string of the molecule is CC/C=C\C/C=C\C/C=C\C/C=C\C/C=C\C/C=C\CCCCCCCCC(=O)NC(CO)C(O)/C=C/CCC. The van der Waals surface area contributed by atoms with E-state index < -0.39 is 12.1 Å². The number of aliphatic hydroxyl groups is 2. The van der Waals surface area contributed by atoms with Gasteiger partial charge in [-0.15, -0.1) is 0 Å². The molecule has 0 bridgehead atoms. The van der Waals surface area contributed by atoms with Crippen LogP contribution in [0, 0.1) is 0 Å². The van der Waals surface area contributed by atoms with Crippen molar-refractivity contribution in [3.05, 3.63) is 85.1 Å². The molecule has 2 atom stereocenters. The summed E-state index contributed by atoms with van der Waals surface area (Å²) in [7, 11) is 0. The van der Waals surface area contributed by atoms with Crippen molar-refractivity contribution in [1.82, 2.24) is 5.32 Å². The highest BCUT2D eigenvalue weighted by Crippen LogP contribution is 2.10. The third kappa shape index (κ3) is 27.1. The zero-order valence-electron chi connectivity index (χ0n) is 25.6. The standard InChI is InChI=1S/C36H59NO3/c1-3-5-7-8-9-10-11-12-13-14-15-16-17-18-19-20-21-22-23-24-25-26-27-28-30-32-36(40)37-34(33-38)35(39)31-29-6-4-2/h5,7,9-10,12-13,15-16,18-19,21-22,29,31,34-35,38-39H,3-4,6,8,11,14,17,20,23-28,30,32-33H2,1-2H3,(H,37,40)/b7-5-,10-9-,13-12-,16-15-,19-18-,22-21-,31-29+. The van der Waals surface area contributed by atoms with Crippen LogP contribution in [0.25, 0.3) is 0 Å². The molecule has 226 valence electrons. The van der Waals surface area contributed by atoms with Crippen molar-refractivity contribution in [2.75, 3.05) is 6.61 Å². The number of carbonyl (C=O) groups excluding carboxylic acids is 1. The van der Waals surface area contributed by atoms with Crippen LogP contribution in [-0.4, -0.2) is 34.9 Å². The molecule has 4 nitrogen and oxygen atoms in total. The van der Waals surface area contributed by atoms with Gasteiger partial charge in [0, 0.05) is 6.42 Å². The molecular formula is C36H59NO3. The predicted molar refractivity (Wildman–Crippen MR) is 174 cm³/mol. The summed E-state index contributed by atoms with van der Waals surface area (Å²) >= 11 is 0. The van der Waals surface area contributed by atoms with E-state index in [1.54, 1.807) is 6.08 Å². The molecule has 4 heteroatoms. The lowest BCUT2D eigenvalue weighted by atomic mass is 10.1. The summed E-state index contributed by atoms with van der Waals surface area (Å²) in [5, 5.41) is 22.3. The molecule has 0 aliphatic rings. The molecule has 0 aliphatic heterocycles. The first-order valence-electron chi connectivity index (χ1n) is 15.8. The largest absolute Gasteiger partial charge is 0.394 e. The normalized spacial score (nSPS) is 14.4. The van der Waals surface area contributed by atoms with Crippen LogP contribution in [0.4, 0.5) is 0 Å². The van der Waals surface area contributed by atoms with Gasteiger partial charge >= 0.3 is 0 Å². The minimum absolute atomic E-state index is 0.0976. The Morgan fingerprint density at radius 2 is 1.10 bits per heavy atom. The van der Waals surface area contributed by atoms with Gasteiger partial charge in [-0.1, -0.05) is 131 Å². The third-order valence-electron chi connectivity index (χ3n) is 6.37. The number of nitrogens with one attached hydrogen (secondary N) is 1. The molecule has 0 radical (unpaired) electrons. The van der Waals surface area contributed by atoms with Gasteiger partial charge < -0.3 is 15.5 Å². The smallest absolute Gasteiger partial charge is 0.220 e. The highest BCUT2D eigenvalue weighted by molar-refractivity contribution is 5.76. The van der Waals surface area contributed by atoms with Crippen molar-refractivity contribution < 1.29 is 15.0 Å². The van der Waals surface area contributed by atoms with Crippen molar-refractivity contribution in [3.8, 4) is 0 Å². The first kappa shape index (κ1) is 37.6. The first-order chi connectivity index (χ1) is 19.7. The molecule has 0 heterocycles. The monoisotopic (exact) mass is 553 g/mol. The zero-order chi connectivity index (χ0) is 29.4. The number of hydrogen-bond donors (Lipinski definition) is 3. The fourth-order valence-electron chi connectivity index (χ4n) is 3.95. The number of unbranched alkanes of at least 4 members (excludes halogenated alkanes) is 7. The Kier molecular flexibility index (Phi) is 29.2. The van der Waals surface area contributed by atoms with Crippen LogP contribution in [0.3, 0.4) is 0 Å². The second-order valence-corrected chi connectivity index (χ2v) is 10.1. The second-order valence-electron chi connectivity index (χ2n) is 10.1. The summed E-state index contributed by atoms with van der Waals surface area (Å²) in [5.74, 6) is -0.0976. The fraction of sp³-hybridized carbons (Fsp3) is 0.583. The lowest BCUT2D eigenvalue weighted by Crippen LogP contribution is -2.45. The average molecular weight is 554 g/mol. The summed E-state index contributed by atoms with van der Waals surface area (Å²) in [6, 6.07) is -0.630. The Morgan fingerprint density at radius 1 is 0.625 bits per heavy atom. The van der Waals surface area contributed by atoms with E-state index in [0.717, 1.165) is 77.0 Å². The molecule has 0 aromatic heterocycles. The summed E-state index contributed by atoms with van der Waals surface area (Å²) in [6.45, 7) is 3.96. The molecule has 2 unspecified atom stereocenters. The van der Waals surface area contributed by atoms with Gasteiger partial charge in [0.05, 0.1) is 18.8 Å². The Labute approximate surface area is 246 Å². The van der Waals surface area contributed by atoms with E-state index in [9.17, 15) is 15.0 Å². The minimum atomic E-state index is -0.846. The maximum atomic E-state index is 12.1. The Hall–Kier alpha value is -2.43. The molecule has 0 saturated heterocycles. The molecule has 0 aliphatic carbocycles. The minimum Gasteiger partial charge on any atom is -0.394 e. The van der Waals surface area contributed by atoms with Gasteiger partial charge in [-0.25, -0.2) is 0 Å². The maximum Gasteiger partial charge on any atom is 0.220 e. The van der Waals surface area contributed by atoms with Gasteiger partial charge in [0.1, 0.15) is 0 Å². The maximum absolute atomic E-state index is 12.1. The quantitative estimate of drug-likeness (QED) is 0.0739. The zero-order valence-corrected chi connectivity index (χ0v) is 25.6. The molecule has 0 saturated carbocycles. The molecule has 0 fully saturated rings. The lowest BCUT2D eigenvalue weighted by Gasteiger charge is -2.19. The summed E-state index contributed by atoms with van der Waals surface area (Å²) in [6.07, 6.45) is 45.7. The van der Waals surface area contributed by atoms with Crippen LogP contribution in [0.1, 0.15) is 117 Å². The van der Waals surface area contributed by atoms with Crippen LogP contribution in [-0.2, 0) is 4.79 Å². The Balaban J connectivity index is 3.62. The number of carbonyl (C=O) groups is 1. The fourth-order valence-corrected chi connectivity index (χ4v) is 3.95. The Morgan fingerprint density at radius 3 is 1.60 bits per heavy atom. The van der Waals surface area contributed by atoms with E-state index in [0.29, 0.717) is 6.42 Å². The van der Waals surface area contributed by atoms with E-state index in [4.69, 9.17) is 0 Å². The Bertz CT molecular complexity index is 773. The van der Waals surface area contributed by atoms with E-state index in [1.165, 1.54) is 19.3 Å². The van der Waals surface area contributed by atoms with Crippen LogP contribution >= 0.6 is 0 Å². The molecule has 0 aromatic rings. The topological polar surface area (TPSA) is 69.6 Å². The molecule has 1 amide bonds. The molecule has 0 rings (SSSR count). The van der Waals surface area contributed by atoms with Crippen molar-refractivity contribution in [2.45, 2.75) is 129 Å². The first-order valence-corrected chi connectivity index (χ1v) is 15.8. The number of aliphatic hydroxyl groups excluding tert-OH is 2. The highest BCUT2D eigenvalue weighted by atomic mass is 16.3. The summed E-state index contributed by atoms with van der Waals surface area (Å²) < 4.78 is 0. The van der Waals surface area contributed by atoms with Crippen LogP contribution in [0.2, 0.25) is 0 Å².